The number of benzene rings is 2. The van der Waals surface area contributed by atoms with Gasteiger partial charge in [0, 0.05) is 6.54 Å². The number of phenolic OH excluding ortho intramolecular Hbond substituents is 1. The van der Waals surface area contributed by atoms with Gasteiger partial charge in [-0.1, -0.05) is 41.9 Å². The predicted octanol–water partition coefficient (Wildman–Crippen LogP) is 3.20. The van der Waals surface area contributed by atoms with Crippen LogP contribution in [0.4, 0.5) is 0 Å². The minimum absolute atomic E-state index is 0.225. The van der Waals surface area contributed by atoms with Gasteiger partial charge in [0.2, 0.25) is 0 Å². The zero-order valence-corrected chi connectivity index (χ0v) is 13.6. The molecule has 1 aromatic heterocycles. The van der Waals surface area contributed by atoms with E-state index < -0.39 is 0 Å². The molecule has 0 aliphatic carbocycles. The fourth-order valence-corrected chi connectivity index (χ4v) is 2.59. The van der Waals surface area contributed by atoms with Crippen molar-refractivity contribution in [3.8, 4) is 11.4 Å². The normalized spacial score (nSPS) is 10.5. The highest BCUT2D eigenvalue weighted by Crippen LogP contribution is 2.20. The molecule has 0 unspecified atom stereocenters. The van der Waals surface area contributed by atoms with E-state index in [0.29, 0.717) is 18.5 Å². The quantitative estimate of drug-likeness (QED) is 0.749. The van der Waals surface area contributed by atoms with E-state index in [2.05, 4.69) is 10.4 Å². The smallest absolute Gasteiger partial charge is 0.256 e. The molecule has 6 heteroatoms. The van der Waals surface area contributed by atoms with Gasteiger partial charge in [-0.05, 0) is 36.2 Å². The number of aromatic hydroxyl groups is 1. The lowest BCUT2D eigenvalue weighted by Crippen LogP contribution is -2.25. The van der Waals surface area contributed by atoms with Crippen molar-refractivity contribution in [2.75, 3.05) is 6.54 Å². The van der Waals surface area contributed by atoms with Gasteiger partial charge in [-0.15, -0.1) is 0 Å². The van der Waals surface area contributed by atoms with Crippen LogP contribution >= 0.6 is 11.6 Å². The summed E-state index contributed by atoms with van der Waals surface area (Å²) in [5, 5.41) is 16.5. The largest absolute Gasteiger partial charge is 0.508 e. The highest BCUT2D eigenvalue weighted by molar-refractivity contribution is 6.33. The predicted molar refractivity (Wildman–Crippen MR) is 92.7 cm³/mol. The van der Waals surface area contributed by atoms with Crippen LogP contribution in [-0.4, -0.2) is 27.3 Å². The van der Waals surface area contributed by atoms with E-state index in [9.17, 15) is 9.90 Å². The third kappa shape index (κ3) is 3.58. The average Bonchev–Trinajstić information content (AvgIpc) is 2.99. The fourth-order valence-electron chi connectivity index (χ4n) is 2.31. The van der Waals surface area contributed by atoms with E-state index in [4.69, 9.17) is 11.6 Å². The van der Waals surface area contributed by atoms with Crippen LogP contribution in [0.1, 0.15) is 15.9 Å². The maximum Gasteiger partial charge on any atom is 0.256 e. The first kappa shape index (κ1) is 16.1. The van der Waals surface area contributed by atoms with E-state index in [1.54, 1.807) is 12.1 Å². The minimum atomic E-state index is -0.263. The van der Waals surface area contributed by atoms with E-state index in [1.807, 2.05) is 42.5 Å². The lowest BCUT2D eigenvalue weighted by Gasteiger charge is -2.06. The molecule has 3 rings (SSSR count). The molecule has 1 heterocycles. The van der Waals surface area contributed by atoms with Gasteiger partial charge in [0.05, 0.1) is 17.4 Å². The highest BCUT2D eigenvalue weighted by atomic mass is 35.5. The van der Waals surface area contributed by atoms with Crippen molar-refractivity contribution in [3.05, 3.63) is 77.1 Å². The molecule has 0 saturated carbocycles. The van der Waals surface area contributed by atoms with E-state index in [-0.39, 0.29) is 16.8 Å². The number of nitrogens with zero attached hydrogens (tertiary/aromatic N) is 2. The number of nitrogens with one attached hydrogen (secondary N) is 1. The number of para-hydroxylation sites is 1. The van der Waals surface area contributed by atoms with Crippen LogP contribution in [0, 0.1) is 0 Å². The first-order valence-electron chi connectivity index (χ1n) is 7.50. The summed E-state index contributed by atoms with van der Waals surface area (Å²) in [4.78, 5) is 12.3. The first-order valence-corrected chi connectivity index (χ1v) is 7.88. The maximum absolute atomic E-state index is 12.3. The molecule has 0 saturated heterocycles. The van der Waals surface area contributed by atoms with Gasteiger partial charge < -0.3 is 10.4 Å². The van der Waals surface area contributed by atoms with Crippen molar-refractivity contribution in [3.63, 3.8) is 0 Å². The SMILES string of the molecule is O=C(NCCc1ccc(O)cc1)c1cnn(-c2ccccc2)c1Cl. The molecule has 0 atom stereocenters. The zero-order valence-electron chi connectivity index (χ0n) is 12.8. The third-order valence-electron chi connectivity index (χ3n) is 3.59. The molecule has 24 heavy (non-hydrogen) atoms. The van der Waals surface area contributed by atoms with Crippen LogP contribution in [0.15, 0.2) is 60.8 Å². The van der Waals surface area contributed by atoms with Gasteiger partial charge in [0.15, 0.2) is 0 Å². The number of hydrogen-bond donors (Lipinski definition) is 2. The molecule has 2 aromatic carbocycles. The van der Waals surface area contributed by atoms with E-state index >= 15 is 0 Å². The van der Waals surface area contributed by atoms with Crippen molar-refractivity contribution in [1.29, 1.82) is 0 Å². The number of phenols is 1. The molecule has 2 N–H and O–H groups in total. The summed E-state index contributed by atoms with van der Waals surface area (Å²) >= 11 is 6.28. The molecule has 0 spiro atoms. The Morgan fingerprint density at radius 1 is 1.12 bits per heavy atom. The van der Waals surface area contributed by atoms with Crippen molar-refractivity contribution >= 4 is 17.5 Å². The molecular formula is C18H16ClN3O2. The molecule has 0 radical (unpaired) electrons. The number of carbonyl (C=O) groups excluding carboxylic acids is 1. The summed E-state index contributed by atoms with van der Waals surface area (Å²) in [6.45, 7) is 0.469. The number of rotatable bonds is 5. The van der Waals surface area contributed by atoms with Gasteiger partial charge in [0.25, 0.3) is 5.91 Å². The monoisotopic (exact) mass is 341 g/mol. The first-order chi connectivity index (χ1) is 11.6. The van der Waals surface area contributed by atoms with Gasteiger partial charge in [-0.2, -0.15) is 5.10 Å². The lowest BCUT2D eigenvalue weighted by molar-refractivity contribution is 0.0954. The number of carbonyl (C=O) groups is 1. The summed E-state index contributed by atoms with van der Waals surface area (Å²) in [5.41, 5.74) is 2.16. The van der Waals surface area contributed by atoms with E-state index in [0.717, 1.165) is 11.3 Å². The van der Waals surface area contributed by atoms with Crippen molar-refractivity contribution in [2.24, 2.45) is 0 Å². The van der Waals surface area contributed by atoms with Crippen LogP contribution in [0.25, 0.3) is 5.69 Å². The Balaban J connectivity index is 1.63. The molecule has 5 nitrogen and oxygen atoms in total. The van der Waals surface area contributed by atoms with Gasteiger partial charge >= 0.3 is 0 Å². The third-order valence-corrected chi connectivity index (χ3v) is 3.96. The topological polar surface area (TPSA) is 67.2 Å². The van der Waals surface area contributed by atoms with Gasteiger partial charge in [-0.25, -0.2) is 4.68 Å². The molecule has 0 bridgehead atoms. The van der Waals surface area contributed by atoms with Crippen molar-refractivity contribution in [1.82, 2.24) is 15.1 Å². The number of aromatic nitrogens is 2. The second kappa shape index (κ2) is 7.19. The standard InChI is InChI=1S/C18H16ClN3O2/c19-17-16(12-21-22(17)14-4-2-1-3-5-14)18(24)20-11-10-13-6-8-15(23)9-7-13/h1-9,12,23H,10-11H2,(H,20,24). The number of amides is 1. The molecule has 3 aromatic rings. The summed E-state index contributed by atoms with van der Waals surface area (Å²) in [7, 11) is 0. The van der Waals surface area contributed by atoms with E-state index in [1.165, 1.54) is 10.9 Å². The Bertz CT molecular complexity index is 829. The maximum atomic E-state index is 12.3. The zero-order chi connectivity index (χ0) is 16.9. The molecular weight excluding hydrogens is 326 g/mol. The minimum Gasteiger partial charge on any atom is -0.508 e. The Morgan fingerprint density at radius 3 is 2.54 bits per heavy atom. The summed E-state index contributed by atoms with van der Waals surface area (Å²) in [6, 6.07) is 16.3. The Hall–Kier alpha value is -2.79. The van der Waals surface area contributed by atoms with Crippen molar-refractivity contribution in [2.45, 2.75) is 6.42 Å². The molecule has 0 aliphatic heterocycles. The Labute approximate surface area is 144 Å². The molecule has 122 valence electrons. The van der Waals surface area contributed by atoms with Crippen molar-refractivity contribution < 1.29 is 9.90 Å². The van der Waals surface area contributed by atoms with Crippen LogP contribution in [0.5, 0.6) is 5.75 Å². The van der Waals surface area contributed by atoms with Crippen LogP contribution < -0.4 is 5.32 Å². The summed E-state index contributed by atoms with van der Waals surface area (Å²) in [6.07, 6.45) is 2.13. The second-order valence-electron chi connectivity index (χ2n) is 5.27. The number of hydrogen-bond acceptors (Lipinski definition) is 3. The van der Waals surface area contributed by atoms with Gasteiger partial charge in [0.1, 0.15) is 10.9 Å². The Morgan fingerprint density at radius 2 is 1.83 bits per heavy atom. The lowest BCUT2D eigenvalue weighted by atomic mass is 10.1. The summed E-state index contributed by atoms with van der Waals surface area (Å²) in [5.74, 6) is -0.0381. The number of halogens is 1. The molecule has 0 aliphatic rings. The summed E-state index contributed by atoms with van der Waals surface area (Å²) < 4.78 is 1.52. The fraction of sp³-hybridized carbons (Fsp3) is 0.111. The van der Waals surface area contributed by atoms with Crippen LogP contribution in [-0.2, 0) is 6.42 Å². The second-order valence-corrected chi connectivity index (χ2v) is 5.63. The average molecular weight is 342 g/mol. The van der Waals surface area contributed by atoms with Crippen LogP contribution in [0.2, 0.25) is 5.15 Å². The van der Waals surface area contributed by atoms with Gasteiger partial charge in [-0.3, -0.25) is 4.79 Å². The van der Waals surface area contributed by atoms with Crippen LogP contribution in [0.3, 0.4) is 0 Å². The Kier molecular flexibility index (Phi) is 4.82. The molecule has 0 fully saturated rings. The molecule has 1 amide bonds. The highest BCUT2D eigenvalue weighted by Gasteiger charge is 2.16.